The van der Waals surface area contributed by atoms with Gasteiger partial charge in [0.2, 0.25) is 5.88 Å². The van der Waals surface area contributed by atoms with Gasteiger partial charge < -0.3 is 15.6 Å². The first-order valence-corrected chi connectivity index (χ1v) is 11.3. The molecule has 3 N–H and O–H groups in total. The summed E-state index contributed by atoms with van der Waals surface area (Å²) in [7, 11) is 1.66. The highest BCUT2D eigenvalue weighted by Gasteiger charge is 2.19. The van der Waals surface area contributed by atoms with Crippen LogP contribution in [0.4, 0.5) is 10.1 Å². The van der Waals surface area contributed by atoms with E-state index in [1.807, 2.05) is 54.6 Å². The number of halogens is 1. The molecule has 0 aliphatic heterocycles. The molecule has 0 fully saturated rings. The van der Waals surface area contributed by atoms with Gasteiger partial charge in [-0.2, -0.15) is 0 Å². The monoisotopic (exact) mass is 468 g/mol. The van der Waals surface area contributed by atoms with Crippen molar-refractivity contribution < 1.29 is 14.2 Å². The molecule has 0 aliphatic rings. The van der Waals surface area contributed by atoms with Gasteiger partial charge in [0.15, 0.2) is 11.5 Å². The topological polar surface area (TPSA) is 85.7 Å². The van der Waals surface area contributed by atoms with Crippen molar-refractivity contribution in [2.24, 2.45) is 0 Å². The fourth-order valence-corrected chi connectivity index (χ4v) is 4.24. The number of imidazole rings is 1. The zero-order valence-corrected chi connectivity index (χ0v) is 19.3. The van der Waals surface area contributed by atoms with E-state index < -0.39 is 5.82 Å². The summed E-state index contributed by atoms with van der Waals surface area (Å²) in [6.45, 7) is 0.505. The number of methoxy groups -OCH3 is 1. The zero-order valence-electron chi connectivity index (χ0n) is 19.3. The van der Waals surface area contributed by atoms with Gasteiger partial charge in [0.1, 0.15) is 5.69 Å². The van der Waals surface area contributed by atoms with Crippen molar-refractivity contribution >= 4 is 11.3 Å². The first-order valence-electron chi connectivity index (χ1n) is 11.3. The standard InChI is InChI=1S/C28H25FN4O2/c1-35-17-20-10-5-9-19(13-20)15-24-28(34)33-16-25(21-11-6-12-22(30)26(21)29)31-23(27(33)32-24)14-18-7-3-2-4-8-18/h2-13,16,34H,14-15,17,30H2,1H3. The third-order valence-corrected chi connectivity index (χ3v) is 5.91. The number of anilines is 1. The molecule has 0 saturated heterocycles. The largest absolute Gasteiger partial charge is 0.493 e. The molecule has 0 unspecified atom stereocenters. The second-order valence-corrected chi connectivity index (χ2v) is 8.45. The fourth-order valence-electron chi connectivity index (χ4n) is 4.24. The SMILES string of the molecule is COCc1cccc(Cc2nc3c(Cc4ccccc4)nc(-c4cccc(N)c4F)cn3c2O)c1. The Balaban J connectivity index is 1.64. The Morgan fingerprint density at radius 3 is 2.40 bits per heavy atom. The number of fused-ring (bicyclic) bond motifs is 1. The molecule has 7 heteroatoms. The summed E-state index contributed by atoms with van der Waals surface area (Å²) in [5.74, 6) is -0.542. The Morgan fingerprint density at radius 2 is 1.60 bits per heavy atom. The van der Waals surface area contributed by atoms with E-state index in [1.54, 1.807) is 29.8 Å². The maximum Gasteiger partial charge on any atom is 0.219 e. The van der Waals surface area contributed by atoms with E-state index in [0.29, 0.717) is 42.2 Å². The number of aromatic hydroxyl groups is 1. The van der Waals surface area contributed by atoms with Crippen LogP contribution < -0.4 is 5.73 Å². The molecular formula is C28H25FN4O2. The molecule has 0 aliphatic carbocycles. The van der Waals surface area contributed by atoms with Gasteiger partial charge >= 0.3 is 0 Å². The third-order valence-electron chi connectivity index (χ3n) is 5.91. The van der Waals surface area contributed by atoms with E-state index in [2.05, 4.69) is 0 Å². The average molecular weight is 469 g/mol. The summed E-state index contributed by atoms with van der Waals surface area (Å²) in [5, 5.41) is 11.1. The molecule has 0 amide bonds. The van der Waals surface area contributed by atoms with E-state index in [4.69, 9.17) is 20.4 Å². The molecule has 2 aromatic heterocycles. The molecule has 2 heterocycles. The molecule has 5 rings (SSSR count). The van der Waals surface area contributed by atoms with Gasteiger partial charge in [0, 0.05) is 31.7 Å². The molecule has 0 radical (unpaired) electrons. The molecule has 0 spiro atoms. The second-order valence-electron chi connectivity index (χ2n) is 8.45. The lowest BCUT2D eigenvalue weighted by molar-refractivity contribution is 0.185. The van der Waals surface area contributed by atoms with E-state index in [1.165, 1.54) is 6.07 Å². The molecule has 35 heavy (non-hydrogen) atoms. The highest BCUT2D eigenvalue weighted by atomic mass is 19.1. The number of hydrogen-bond acceptors (Lipinski definition) is 5. The van der Waals surface area contributed by atoms with Crippen LogP contribution >= 0.6 is 0 Å². The molecular weight excluding hydrogens is 443 g/mol. The van der Waals surface area contributed by atoms with Crippen molar-refractivity contribution in [2.45, 2.75) is 19.4 Å². The van der Waals surface area contributed by atoms with Gasteiger partial charge in [-0.25, -0.2) is 14.4 Å². The maximum atomic E-state index is 14.9. The van der Waals surface area contributed by atoms with Crippen LogP contribution in [-0.4, -0.2) is 26.6 Å². The molecule has 0 bridgehead atoms. The van der Waals surface area contributed by atoms with Crippen LogP contribution in [0.25, 0.3) is 16.9 Å². The van der Waals surface area contributed by atoms with Crippen LogP contribution in [0.2, 0.25) is 0 Å². The Hall–Kier alpha value is -4.23. The summed E-state index contributed by atoms with van der Waals surface area (Å²) in [6, 6.07) is 22.6. The van der Waals surface area contributed by atoms with Crippen molar-refractivity contribution in [3.8, 4) is 17.1 Å². The summed E-state index contributed by atoms with van der Waals surface area (Å²) >= 11 is 0. The van der Waals surface area contributed by atoms with Gasteiger partial charge in [0.25, 0.3) is 0 Å². The van der Waals surface area contributed by atoms with Crippen molar-refractivity contribution in [3.05, 3.63) is 113 Å². The summed E-state index contributed by atoms with van der Waals surface area (Å²) < 4.78 is 21.7. The van der Waals surface area contributed by atoms with Crippen molar-refractivity contribution in [2.75, 3.05) is 12.8 Å². The van der Waals surface area contributed by atoms with E-state index in [-0.39, 0.29) is 17.1 Å². The zero-order chi connectivity index (χ0) is 24.4. The highest BCUT2D eigenvalue weighted by molar-refractivity contribution is 5.67. The Labute approximate surface area is 202 Å². The van der Waals surface area contributed by atoms with Crippen LogP contribution in [0.3, 0.4) is 0 Å². The maximum absolute atomic E-state index is 14.9. The summed E-state index contributed by atoms with van der Waals surface area (Å²) in [5.41, 5.74) is 11.2. The van der Waals surface area contributed by atoms with Gasteiger partial charge in [-0.3, -0.25) is 4.40 Å². The number of aromatic nitrogens is 3. The van der Waals surface area contributed by atoms with Crippen molar-refractivity contribution in [1.82, 2.24) is 14.4 Å². The predicted octanol–water partition coefficient (Wildman–Crippen LogP) is 5.15. The minimum atomic E-state index is -0.542. The number of nitrogens with zero attached hydrogens (tertiary/aromatic N) is 3. The van der Waals surface area contributed by atoms with Gasteiger partial charge in [-0.05, 0) is 28.8 Å². The van der Waals surface area contributed by atoms with Crippen LogP contribution in [0.5, 0.6) is 5.88 Å². The number of nitrogens with two attached hydrogens (primary N) is 1. The van der Waals surface area contributed by atoms with Gasteiger partial charge in [-0.15, -0.1) is 0 Å². The third kappa shape index (κ3) is 4.58. The van der Waals surface area contributed by atoms with Gasteiger partial charge in [-0.1, -0.05) is 60.7 Å². The lowest BCUT2D eigenvalue weighted by atomic mass is 10.1. The fraction of sp³-hybridized carbons (Fsp3) is 0.143. The van der Waals surface area contributed by atoms with Crippen LogP contribution in [-0.2, 0) is 24.2 Å². The number of nitrogen functional groups attached to an aromatic ring is 1. The second kappa shape index (κ2) is 9.56. The van der Waals surface area contributed by atoms with E-state index in [0.717, 1.165) is 16.7 Å². The Kier molecular flexibility index (Phi) is 6.16. The van der Waals surface area contributed by atoms with Crippen molar-refractivity contribution in [1.29, 1.82) is 0 Å². The number of benzene rings is 3. The van der Waals surface area contributed by atoms with Gasteiger partial charge in [0.05, 0.1) is 23.7 Å². The number of rotatable bonds is 7. The molecule has 3 aromatic carbocycles. The Morgan fingerprint density at radius 1 is 0.886 bits per heavy atom. The molecule has 6 nitrogen and oxygen atoms in total. The van der Waals surface area contributed by atoms with E-state index in [9.17, 15) is 9.50 Å². The number of hydrogen-bond donors (Lipinski definition) is 2. The van der Waals surface area contributed by atoms with Crippen LogP contribution in [0.1, 0.15) is 28.1 Å². The van der Waals surface area contributed by atoms with E-state index >= 15 is 0 Å². The molecule has 0 saturated carbocycles. The smallest absolute Gasteiger partial charge is 0.219 e. The van der Waals surface area contributed by atoms with Crippen LogP contribution in [0.15, 0.2) is 79.0 Å². The van der Waals surface area contributed by atoms with Crippen LogP contribution in [0, 0.1) is 5.82 Å². The normalized spacial score (nSPS) is 11.3. The minimum absolute atomic E-state index is 0.000539. The first-order chi connectivity index (χ1) is 17.0. The average Bonchev–Trinajstić information content (AvgIpc) is 3.17. The molecule has 176 valence electrons. The summed E-state index contributed by atoms with van der Waals surface area (Å²) in [4.78, 5) is 9.52. The lowest BCUT2D eigenvalue weighted by Crippen LogP contribution is -2.02. The lowest BCUT2D eigenvalue weighted by Gasteiger charge is -2.10. The minimum Gasteiger partial charge on any atom is -0.493 e. The summed E-state index contributed by atoms with van der Waals surface area (Å²) in [6.07, 6.45) is 2.51. The first kappa shape index (κ1) is 22.6. The molecule has 5 aromatic rings. The quantitative estimate of drug-likeness (QED) is 0.323. The Bertz CT molecular complexity index is 1500. The van der Waals surface area contributed by atoms with Crippen molar-refractivity contribution in [3.63, 3.8) is 0 Å². The number of ether oxygens (including phenoxy) is 1. The predicted molar refractivity (Wildman–Crippen MR) is 134 cm³/mol. The molecule has 0 atom stereocenters. The highest BCUT2D eigenvalue weighted by Crippen LogP contribution is 2.30.